The molecule has 1 aromatic heterocycles. The van der Waals surface area contributed by atoms with E-state index in [0.29, 0.717) is 6.54 Å². The number of carbonyl (C=O) groups excluding carboxylic acids is 2. The second-order valence-electron chi connectivity index (χ2n) is 4.30. The Morgan fingerprint density at radius 3 is 2.42 bits per heavy atom. The summed E-state index contributed by atoms with van der Waals surface area (Å²) in [6, 6.07) is 4.49. The topological polar surface area (TPSA) is 97.1 Å². The molecule has 2 N–H and O–H groups in total. The first-order chi connectivity index (χ1) is 11.3. The van der Waals surface area contributed by atoms with Gasteiger partial charge in [0.2, 0.25) is 0 Å². The second-order valence-corrected chi connectivity index (χ2v) is 5.44. The Morgan fingerprint density at radius 1 is 1.17 bits per heavy atom. The number of aromatic nitrogens is 2. The summed E-state index contributed by atoms with van der Waals surface area (Å²) >= 11 is -0.281. The number of hydrogen-bond donors (Lipinski definition) is 2. The largest absolute Gasteiger partial charge is 0.446 e. The van der Waals surface area contributed by atoms with Crippen LogP contribution in [0.1, 0.15) is 28.0 Å². The molecule has 0 atom stereocenters. The van der Waals surface area contributed by atoms with Crippen molar-refractivity contribution in [2.24, 2.45) is 0 Å². The van der Waals surface area contributed by atoms with Crippen molar-refractivity contribution < 1.29 is 27.2 Å². The molecule has 2 aromatic rings. The number of anilines is 1. The maximum Gasteiger partial charge on any atom is 0.446 e. The Balaban J connectivity index is 2.01. The predicted octanol–water partition coefficient (Wildman–Crippen LogP) is 2.68. The lowest BCUT2D eigenvalue weighted by molar-refractivity contribution is -0.0328. The number of nitrogens with one attached hydrogen (secondary N) is 2. The van der Waals surface area contributed by atoms with Gasteiger partial charge in [-0.15, -0.1) is 5.10 Å². The average Bonchev–Trinajstić information content (AvgIpc) is 2.95. The van der Waals surface area contributed by atoms with Crippen LogP contribution in [0.4, 0.5) is 19.2 Å². The third kappa shape index (κ3) is 4.98. The molecular weight excluding hydrogens is 349 g/mol. The molecule has 0 aliphatic rings. The molecule has 0 bridgehead atoms. The number of amides is 2. The molecule has 11 heteroatoms. The average molecular weight is 360 g/mol. The molecule has 0 radical (unpaired) electrons. The summed E-state index contributed by atoms with van der Waals surface area (Å²) in [4.78, 5) is 23.4. The quantitative estimate of drug-likeness (QED) is 0.796. The van der Waals surface area contributed by atoms with Crippen LogP contribution >= 0.6 is 11.8 Å². The van der Waals surface area contributed by atoms with Crippen LogP contribution in [0, 0.1) is 0 Å². The Kier molecular flexibility index (Phi) is 5.44. The van der Waals surface area contributed by atoms with Crippen molar-refractivity contribution in [3.8, 4) is 0 Å². The fraction of sp³-hybridized carbons (Fsp3) is 0.231. The van der Waals surface area contributed by atoms with Crippen LogP contribution in [-0.4, -0.2) is 34.1 Å². The summed E-state index contributed by atoms with van der Waals surface area (Å²) in [5.74, 6) is -1.56. The van der Waals surface area contributed by atoms with E-state index in [9.17, 15) is 22.8 Å². The number of alkyl halides is 3. The highest BCUT2D eigenvalue weighted by molar-refractivity contribution is 8.00. The van der Waals surface area contributed by atoms with Crippen molar-refractivity contribution in [1.82, 2.24) is 15.5 Å². The van der Waals surface area contributed by atoms with E-state index in [1.54, 1.807) is 6.92 Å². The summed E-state index contributed by atoms with van der Waals surface area (Å²) in [6.07, 6.45) is 0. The van der Waals surface area contributed by atoms with Gasteiger partial charge in [0.25, 0.3) is 5.91 Å². The molecule has 0 saturated heterocycles. The standard InChI is InChI=1S/C13H11F3N4O3S/c1-2-17-10(22)11-19-20-12(23-11)18-9(21)7-3-5-8(6-4-7)24-13(14,15)16/h3-6H,2H2,1H3,(H,17,22)(H,18,20,21). The van der Waals surface area contributed by atoms with Crippen LogP contribution in [0.5, 0.6) is 0 Å². The van der Waals surface area contributed by atoms with Crippen LogP contribution in [0.3, 0.4) is 0 Å². The van der Waals surface area contributed by atoms with Crippen molar-refractivity contribution in [3.63, 3.8) is 0 Å². The highest BCUT2D eigenvalue weighted by atomic mass is 32.2. The number of carbonyl (C=O) groups is 2. The van der Waals surface area contributed by atoms with Gasteiger partial charge in [0.05, 0.1) is 0 Å². The molecule has 0 spiro atoms. The van der Waals surface area contributed by atoms with Crippen LogP contribution in [0.2, 0.25) is 0 Å². The first-order valence-electron chi connectivity index (χ1n) is 6.57. The number of hydrogen-bond acceptors (Lipinski definition) is 6. The van der Waals surface area contributed by atoms with E-state index in [1.807, 2.05) is 0 Å². The fourth-order valence-corrected chi connectivity index (χ4v) is 2.12. The SMILES string of the molecule is CCNC(=O)c1nnc(NC(=O)c2ccc(SC(F)(F)F)cc2)o1. The van der Waals surface area contributed by atoms with Gasteiger partial charge in [-0.25, -0.2) is 0 Å². The molecule has 0 unspecified atom stereocenters. The van der Waals surface area contributed by atoms with Crippen molar-refractivity contribution in [2.45, 2.75) is 17.3 Å². The van der Waals surface area contributed by atoms with Gasteiger partial charge < -0.3 is 9.73 Å². The number of halogens is 3. The second kappa shape index (κ2) is 7.34. The van der Waals surface area contributed by atoms with E-state index in [0.717, 1.165) is 0 Å². The Morgan fingerprint density at radius 2 is 1.83 bits per heavy atom. The van der Waals surface area contributed by atoms with Crippen LogP contribution in [0.15, 0.2) is 33.6 Å². The van der Waals surface area contributed by atoms with Gasteiger partial charge in [0, 0.05) is 17.0 Å². The summed E-state index contributed by atoms with van der Waals surface area (Å²) in [6.45, 7) is 2.07. The Bertz CT molecular complexity index is 731. The molecule has 0 fully saturated rings. The summed E-state index contributed by atoms with van der Waals surface area (Å²) < 4.78 is 41.7. The molecule has 0 saturated carbocycles. The van der Waals surface area contributed by atoms with Gasteiger partial charge in [-0.2, -0.15) is 13.2 Å². The van der Waals surface area contributed by atoms with Crippen molar-refractivity contribution in [1.29, 1.82) is 0 Å². The summed E-state index contributed by atoms with van der Waals surface area (Å²) in [7, 11) is 0. The van der Waals surface area contributed by atoms with Gasteiger partial charge in [-0.05, 0) is 43.0 Å². The number of thioether (sulfide) groups is 1. The first-order valence-corrected chi connectivity index (χ1v) is 7.39. The first kappa shape index (κ1) is 17.8. The molecule has 24 heavy (non-hydrogen) atoms. The lowest BCUT2D eigenvalue weighted by Gasteiger charge is -2.06. The maximum absolute atomic E-state index is 12.2. The molecule has 7 nitrogen and oxygen atoms in total. The van der Waals surface area contributed by atoms with Gasteiger partial charge in [-0.1, -0.05) is 5.10 Å². The molecule has 1 aromatic carbocycles. The van der Waals surface area contributed by atoms with Crippen LogP contribution < -0.4 is 10.6 Å². The molecule has 1 heterocycles. The molecule has 2 amide bonds. The number of rotatable bonds is 5. The minimum atomic E-state index is -4.40. The van der Waals surface area contributed by atoms with Gasteiger partial charge in [0.1, 0.15) is 0 Å². The number of benzene rings is 1. The van der Waals surface area contributed by atoms with E-state index in [2.05, 4.69) is 20.8 Å². The highest BCUT2D eigenvalue weighted by Gasteiger charge is 2.29. The minimum Gasteiger partial charge on any atom is -0.399 e. The fourth-order valence-electron chi connectivity index (χ4n) is 1.58. The smallest absolute Gasteiger partial charge is 0.399 e. The molecule has 0 aliphatic carbocycles. The lowest BCUT2D eigenvalue weighted by Crippen LogP contribution is -2.22. The summed E-state index contributed by atoms with van der Waals surface area (Å²) in [5.41, 5.74) is -4.30. The van der Waals surface area contributed by atoms with E-state index in [1.165, 1.54) is 24.3 Å². The third-order valence-electron chi connectivity index (χ3n) is 2.53. The zero-order valence-corrected chi connectivity index (χ0v) is 13.0. The highest BCUT2D eigenvalue weighted by Crippen LogP contribution is 2.36. The monoisotopic (exact) mass is 360 g/mol. The Hall–Kier alpha value is -2.56. The van der Waals surface area contributed by atoms with Gasteiger partial charge in [-0.3, -0.25) is 14.9 Å². The zero-order valence-electron chi connectivity index (χ0n) is 12.2. The molecular formula is C13H11F3N4O3S. The van der Waals surface area contributed by atoms with E-state index >= 15 is 0 Å². The zero-order chi connectivity index (χ0) is 17.7. The third-order valence-corrected chi connectivity index (χ3v) is 3.27. The normalized spacial score (nSPS) is 11.2. The maximum atomic E-state index is 12.2. The van der Waals surface area contributed by atoms with Gasteiger partial charge >= 0.3 is 23.3 Å². The molecule has 0 aliphatic heterocycles. The van der Waals surface area contributed by atoms with Crippen molar-refractivity contribution >= 4 is 29.6 Å². The minimum absolute atomic E-state index is 0.0460. The van der Waals surface area contributed by atoms with Crippen molar-refractivity contribution in [2.75, 3.05) is 11.9 Å². The van der Waals surface area contributed by atoms with Crippen molar-refractivity contribution in [3.05, 3.63) is 35.7 Å². The molecule has 128 valence electrons. The Labute approximate surface area is 138 Å². The van der Waals surface area contributed by atoms with E-state index in [-0.39, 0.29) is 34.1 Å². The van der Waals surface area contributed by atoms with Crippen LogP contribution in [0.25, 0.3) is 0 Å². The number of nitrogens with zero attached hydrogens (tertiary/aromatic N) is 2. The van der Waals surface area contributed by atoms with E-state index in [4.69, 9.17) is 4.42 Å². The van der Waals surface area contributed by atoms with Crippen LogP contribution in [-0.2, 0) is 0 Å². The van der Waals surface area contributed by atoms with Gasteiger partial charge in [0.15, 0.2) is 0 Å². The predicted molar refractivity (Wildman–Crippen MR) is 78.6 cm³/mol. The lowest BCUT2D eigenvalue weighted by atomic mass is 10.2. The molecule has 2 rings (SSSR count). The van der Waals surface area contributed by atoms with E-state index < -0.39 is 17.3 Å². The summed E-state index contributed by atoms with van der Waals surface area (Å²) in [5, 5.41) is 11.7.